The third-order valence-electron chi connectivity index (χ3n) is 6.09. The third-order valence-corrected chi connectivity index (χ3v) is 6.09. The molecule has 3 nitrogen and oxygen atoms in total. The van der Waals surface area contributed by atoms with Gasteiger partial charge >= 0.3 is 7.12 Å². The number of methoxy groups -OCH3 is 1. The molecule has 1 atom stereocenters. The zero-order valence-electron chi connectivity index (χ0n) is 17.9. The van der Waals surface area contributed by atoms with E-state index in [4.69, 9.17) is 14.0 Å². The van der Waals surface area contributed by atoms with Gasteiger partial charge in [-0.1, -0.05) is 61.5 Å². The minimum atomic E-state index is -0.324. The van der Waals surface area contributed by atoms with E-state index in [1.54, 1.807) is 7.11 Å². The van der Waals surface area contributed by atoms with Crippen LogP contribution in [0.4, 0.5) is 0 Å². The number of hydrogen-bond donors (Lipinski definition) is 0. The van der Waals surface area contributed by atoms with Gasteiger partial charge in [0.2, 0.25) is 0 Å². The van der Waals surface area contributed by atoms with Crippen molar-refractivity contribution in [3.8, 4) is 5.75 Å². The highest BCUT2D eigenvalue weighted by Gasteiger charge is 2.52. The Morgan fingerprint density at radius 2 is 1.50 bits per heavy atom. The Labute approximate surface area is 169 Å². The van der Waals surface area contributed by atoms with E-state index in [0.717, 1.165) is 17.6 Å². The molecule has 28 heavy (non-hydrogen) atoms. The standard InChI is InChI=1S/C24H31BO3/c1-22(2)23(3,4)28-25(27-22)18-24(5,20-10-8-7-9-11-20)17-16-19-12-14-21(26-6)15-13-19/h7-17H,18H2,1-6H3/b17-16-. The van der Waals surface area contributed by atoms with Crippen molar-refractivity contribution in [1.29, 1.82) is 0 Å². The summed E-state index contributed by atoms with van der Waals surface area (Å²) in [5, 5.41) is 0. The average molecular weight is 378 g/mol. The average Bonchev–Trinajstić information content (AvgIpc) is 2.87. The van der Waals surface area contributed by atoms with Crippen LogP contribution in [0.1, 0.15) is 45.7 Å². The Kier molecular flexibility index (Phi) is 5.74. The molecule has 0 saturated carbocycles. The van der Waals surface area contributed by atoms with Crippen LogP contribution in [0.5, 0.6) is 5.75 Å². The van der Waals surface area contributed by atoms with E-state index >= 15 is 0 Å². The molecule has 148 valence electrons. The summed E-state index contributed by atoms with van der Waals surface area (Å²) in [6.45, 7) is 10.6. The fourth-order valence-electron chi connectivity index (χ4n) is 3.49. The van der Waals surface area contributed by atoms with E-state index in [9.17, 15) is 0 Å². The molecule has 3 rings (SSSR count). The number of ether oxygens (including phenoxy) is 1. The molecule has 2 aromatic rings. The summed E-state index contributed by atoms with van der Waals surface area (Å²) in [7, 11) is 1.43. The number of hydrogen-bond acceptors (Lipinski definition) is 3. The van der Waals surface area contributed by atoms with E-state index in [-0.39, 0.29) is 23.7 Å². The van der Waals surface area contributed by atoms with Crippen LogP contribution in [0, 0.1) is 0 Å². The van der Waals surface area contributed by atoms with Gasteiger partial charge in [0.25, 0.3) is 0 Å². The summed E-state index contributed by atoms with van der Waals surface area (Å²) in [6.07, 6.45) is 5.17. The second kappa shape index (κ2) is 7.77. The number of rotatable bonds is 6. The topological polar surface area (TPSA) is 27.7 Å². The van der Waals surface area contributed by atoms with Crippen LogP contribution < -0.4 is 4.74 Å². The monoisotopic (exact) mass is 378 g/mol. The van der Waals surface area contributed by atoms with Crippen LogP contribution in [0.2, 0.25) is 6.32 Å². The highest BCUT2D eigenvalue weighted by molar-refractivity contribution is 6.46. The predicted octanol–water partition coefficient (Wildman–Crippen LogP) is 5.76. The minimum Gasteiger partial charge on any atom is -0.497 e. The Hall–Kier alpha value is -2.04. The first-order valence-corrected chi connectivity index (χ1v) is 9.90. The predicted molar refractivity (Wildman–Crippen MR) is 117 cm³/mol. The lowest BCUT2D eigenvalue weighted by molar-refractivity contribution is 0.00578. The molecule has 1 saturated heterocycles. The van der Waals surface area contributed by atoms with Crippen molar-refractivity contribution in [1.82, 2.24) is 0 Å². The maximum Gasteiger partial charge on any atom is 0.459 e. The van der Waals surface area contributed by atoms with Gasteiger partial charge in [-0.2, -0.15) is 0 Å². The molecule has 1 aliphatic rings. The van der Waals surface area contributed by atoms with Gasteiger partial charge in [-0.05, 0) is 57.3 Å². The summed E-state index contributed by atoms with van der Waals surface area (Å²) in [5.41, 5.74) is 1.51. The SMILES string of the molecule is COc1ccc(/C=C\C(C)(CB2OC(C)(C)C(C)(C)O2)c2ccccc2)cc1. The van der Waals surface area contributed by atoms with Crippen molar-refractivity contribution in [2.45, 2.75) is 57.6 Å². The molecule has 0 spiro atoms. The highest BCUT2D eigenvalue weighted by Crippen LogP contribution is 2.42. The zero-order chi connectivity index (χ0) is 20.4. The van der Waals surface area contributed by atoms with Crippen molar-refractivity contribution in [3.63, 3.8) is 0 Å². The molecule has 2 aromatic carbocycles. The maximum absolute atomic E-state index is 6.29. The van der Waals surface area contributed by atoms with Gasteiger partial charge in [0.15, 0.2) is 0 Å². The molecule has 0 N–H and O–H groups in total. The molecule has 0 bridgehead atoms. The van der Waals surface area contributed by atoms with Gasteiger partial charge in [-0.25, -0.2) is 0 Å². The fourth-order valence-corrected chi connectivity index (χ4v) is 3.49. The zero-order valence-corrected chi connectivity index (χ0v) is 17.9. The summed E-state index contributed by atoms with van der Waals surface area (Å²) < 4.78 is 17.8. The lowest BCUT2D eigenvalue weighted by Crippen LogP contribution is -2.41. The lowest BCUT2D eigenvalue weighted by Gasteiger charge is -2.32. The number of allylic oxidation sites excluding steroid dienone is 1. The highest BCUT2D eigenvalue weighted by atomic mass is 16.7. The normalized spacial score (nSPS) is 20.3. The molecule has 0 amide bonds. The first-order valence-electron chi connectivity index (χ1n) is 9.90. The quantitative estimate of drug-likeness (QED) is 0.599. The van der Waals surface area contributed by atoms with Crippen LogP contribution in [-0.2, 0) is 14.7 Å². The van der Waals surface area contributed by atoms with Crippen LogP contribution >= 0.6 is 0 Å². The Balaban J connectivity index is 1.87. The van der Waals surface area contributed by atoms with Crippen molar-refractivity contribution in [2.24, 2.45) is 0 Å². The Morgan fingerprint density at radius 3 is 2.04 bits per heavy atom. The molecular formula is C24H31BO3. The van der Waals surface area contributed by atoms with E-state index < -0.39 is 0 Å². The van der Waals surface area contributed by atoms with Gasteiger partial charge in [0.1, 0.15) is 5.75 Å². The molecule has 4 heteroatoms. The van der Waals surface area contributed by atoms with Crippen LogP contribution in [0.25, 0.3) is 6.08 Å². The van der Waals surface area contributed by atoms with Gasteiger partial charge in [-0.15, -0.1) is 0 Å². The van der Waals surface area contributed by atoms with E-state index in [1.165, 1.54) is 5.56 Å². The maximum atomic E-state index is 6.29. The number of benzene rings is 2. The second-order valence-corrected chi connectivity index (χ2v) is 8.78. The Bertz CT molecular complexity index is 796. The van der Waals surface area contributed by atoms with E-state index in [2.05, 4.69) is 83.2 Å². The van der Waals surface area contributed by atoms with Gasteiger partial charge in [0.05, 0.1) is 18.3 Å². The molecule has 1 aliphatic heterocycles. The first-order chi connectivity index (χ1) is 13.2. The minimum absolute atomic E-state index is 0.220. The summed E-state index contributed by atoms with van der Waals surface area (Å²) in [5.74, 6) is 0.861. The summed E-state index contributed by atoms with van der Waals surface area (Å²) in [6, 6.07) is 18.6. The summed E-state index contributed by atoms with van der Waals surface area (Å²) >= 11 is 0. The molecule has 0 radical (unpaired) electrons. The second-order valence-electron chi connectivity index (χ2n) is 8.78. The summed E-state index contributed by atoms with van der Waals surface area (Å²) in [4.78, 5) is 0. The molecule has 1 fully saturated rings. The molecule has 0 aromatic heterocycles. The fraction of sp³-hybridized carbons (Fsp3) is 0.417. The van der Waals surface area contributed by atoms with E-state index in [0.29, 0.717) is 0 Å². The van der Waals surface area contributed by atoms with Crippen LogP contribution in [0.3, 0.4) is 0 Å². The first kappa shape index (κ1) is 20.7. The van der Waals surface area contributed by atoms with Crippen molar-refractivity contribution in [3.05, 3.63) is 71.8 Å². The van der Waals surface area contributed by atoms with E-state index in [1.807, 2.05) is 18.2 Å². The van der Waals surface area contributed by atoms with Crippen LogP contribution in [0.15, 0.2) is 60.7 Å². The molecule has 0 aliphatic carbocycles. The van der Waals surface area contributed by atoms with Gasteiger partial charge in [-0.3, -0.25) is 0 Å². The molecular weight excluding hydrogens is 347 g/mol. The third kappa shape index (κ3) is 4.34. The lowest BCUT2D eigenvalue weighted by atomic mass is 9.65. The van der Waals surface area contributed by atoms with Crippen LogP contribution in [-0.4, -0.2) is 25.4 Å². The van der Waals surface area contributed by atoms with Gasteiger partial charge < -0.3 is 14.0 Å². The smallest absolute Gasteiger partial charge is 0.459 e. The molecule has 1 heterocycles. The van der Waals surface area contributed by atoms with Crippen molar-refractivity contribution < 1.29 is 14.0 Å². The molecule has 1 unspecified atom stereocenters. The largest absolute Gasteiger partial charge is 0.497 e. The van der Waals surface area contributed by atoms with Crippen molar-refractivity contribution in [2.75, 3.05) is 7.11 Å². The van der Waals surface area contributed by atoms with Crippen molar-refractivity contribution >= 4 is 13.2 Å². The Morgan fingerprint density at radius 1 is 0.929 bits per heavy atom. The van der Waals surface area contributed by atoms with Gasteiger partial charge in [0, 0.05) is 5.41 Å².